The van der Waals surface area contributed by atoms with Crippen LogP contribution in [0.5, 0.6) is 0 Å². The molecule has 2 N–H and O–H groups in total. The molecule has 0 unspecified atom stereocenters. The average molecular weight is 767 g/mol. The van der Waals surface area contributed by atoms with Gasteiger partial charge in [-0.25, -0.2) is 0 Å². The van der Waals surface area contributed by atoms with Crippen LogP contribution < -0.4 is 21.2 Å². The number of amides is 1. The summed E-state index contributed by atoms with van der Waals surface area (Å²) >= 11 is 11.3. The molecule has 52 heavy (non-hydrogen) atoms. The number of unbranched alkanes of at least 4 members (excludes halogenated alkanes) is 8. The lowest BCUT2D eigenvalue weighted by atomic mass is 10.0. The molecule has 0 aliphatic heterocycles. The van der Waals surface area contributed by atoms with E-state index in [1.165, 1.54) is 65.9 Å². The number of nitrogens with one attached hydrogen (secondary N) is 1. The summed E-state index contributed by atoms with van der Waals surface area (Å²) in [5, 5.41) is 28.6. The molecule has 4 aromatic carbocycles. The van der Waals surface area contributed by atoms with Gasteiger partial charge in [-0.3, -0.25) is 19.7 Å². The van der Waals surface area contributed by atoms with E-state index in [4.69, 9.17) is 27.9 Å². The number of hydrogen-bond donors (Lipinski definition) is 2. The van der Waals surface area contributed by atoms with Gasteiger partial charge in [0.25, 0.3) is 11.6 Å². The minimum atomic E-state index is -1.78. The van der Waals surface area contributed by atoms with Crippen LogP contribution in [0.2, 0.25) is 0 Å². The second-order valence-corrected chi connectivity index (χ2v) is 17.6. The van der Waals surface area contributed by atoms with Gasteiger partial charge in [0.1, 0.15) is 35.9 Å². The van der Waals surface area contributed by atoms with E-state index in [9.17, 15) is 24.8 Å². The smallest absolute Gasteiger partial charge is 0.305 e. The summed E-state index contributed by atoms with van der Waals surface area (Å²) < 4.78 is 5.37. The number of ether oxygens (including phenoxy) is 1. The van der Waals surface area contributed by atoms with E-state index in [2.05, 4.69) is 96.3 Å². The maximum atomic E-state index is 12.5. The van der Waals surface area contributed by atoms with Crippen molar-refractivity contribution >= 4 is 63.9 Å². The highest BCUT2D eigenvalue weighted by Crippen LogP contribution is 2.56. The largest absolute Gasteiger partial charge is 0.463 e. The van der Waals surface area contributed by atoms with E-state index in [-0.39, 0.29) is 18.7 Å². The Hall–Kier alpha value is -3.81. The number of nitro groups is 1. The highest BCUT2D eigenvalue weighted by molar-refractivity contribution is 7.95. The van der Waals surface area contributed by atoms with Crippen molar-refractivity contribution in [1.29, 1.82) is 0 Å². The molecule has 0 aliphatic rings. The fraction of sp³-hybridized carbons (Fsp3) is 0.366. The summed E-state index contributed by atoms with van der Waals surface area (Å²) in [5.74, 6) is -1.20. The minimum absolute atomic E-state index is 0.144. The number of aliphatic hydroxyl groups is 1. The molecule has 0 radical (unpaired) electrons. The van der Waals surface area contributed by atoms with Crippen molar-refractivity contribution in [2.24, 2.45) is 0 Å². The summed E-state index contributed by atoms with van der Waals surface area (Å²) in [5.41, 5.74) is 0.156. The van der Waals surface area contributed by atoms with Gasteiger partial charge in [-0.1, -0.05) is 116 Å². The number of benzene rings is 4. The number of esters is 1. The number of nitro benzene ring substituents is 1. The van der Waals surface area contributed by atoms with Gasteiger partial charge < -0.3 is 15.2 Å². The van der Waals surface area contributed by atoms with Crippen LogP contribution in [0.1, 0.15) is 75.9 Å². The molecule has 0 heterocycles. The zero-order valence-corrected chi connectivity index (χ0v) is 31.7. The van der Waals surface area contributed by atoms with E-state index < -0.39 is 41.0 Å². The molecule has 0 spiro atoms. The highest BCUT2D eigenvalue weighted by atomic mass is 35.5. The van der Waals surface area contributed by atoms with Gasteiger partial charge in [0, 0.05) is 18.6 Å². The zero-order chi connectivity index (χ0) is 37.2. The van der Waals surface area contributed by atoms with E-state index in [1.54, 1.807) is 0 Å². The lowest BCUT2D eigenvalue weighted by molar-refractivity contribution is -0.384. The summed E-state index contributed by atoms with van der Waals surface area (Å²) in [7, 11) is -1.78. The van der Waals surface area contributed by atoms with Gasteiger partial charge in [-0.05, 0) is 73.4 Å². The first-order chi connectivity index (χ1) is 25.2. The van der Waals surface area contributed by atoms with Crippen LogP contribution in [0, 0.1) is 10.1 Å². The Balaban J connectivity index is 1.16. The fourth-order valence-corrected chi connectivity index (χ4v) is 11.0. The fourth-order valence-electron chi connectivity index (χ4n) is 6.48. The number of hydrogen-bond acceptors (Lipinski definition) is 6. The molecule has 2 atom stereocenters. The maximum absolute atomic E-state index is 12.5. The van der Waals surface area contributed by atoms with Gasteiger partial charge in [0.2, 0.25) is 0 Å². The lowest BCUT2D eigenvalue weighted by Gasteiger charge is -2.27. The van der Waals surface area contributed by atoms with E-state index >= 15 is 0 Å². The molecule has 0 aromatic heterocycles. The van der Waals surface area contributed by atoms with Crippen LogP contribution in [0.15, 0.2) is 115 Å². The van der Waals surface area contributed by atoms with Gasteiger partial charge in [-0.15, -0.1) is 0 Å². The van der Waals surface area contributed by atoms with E-state index in [0.717, 1.165) is 31.8 Å². The van der Waals surface area contributed by atoms with Crippen LogP contribution >= 0.6 is 30.5 Å². The predicted molar refractivity (Wildman–Crippen MR) is 213 cm³/mol. The molecule has 1 amide bonds. The first-order valence-corrected chi connectivity index (χ1v) is 20.8. The Kier molecular flexibility index (Phi) is 17.1. The SMILES string of the molecule is O=C(CCCCCCCCCCC[P+](c1ccccc1)(c1ccccc1)c1ccccc1)OC[C@H](NC(=O)C(Cl)Cl)[C@H](O)c1ccc([N+](=O)[O-])cc1. The molecule has 0 aliphatic carbocycles. The first-order valence-electron chi connectivity index (χ1n) is 17.9. The average Bonchev–Trinajstić information content (AvgIpc) is 3.17. The van der Waals surface area contributed by atoms with Crippen LogP contribution in [0.3, 0.4) is 0 Å². The van der Waals surface area contributed by atoms with Crippen molar-refractivity contribution < 1.29 is 24.4 Å². The van der Waals surface area contributed by atoms with Crippen molar-refractivity contribution in [3.63, 3.8) is 0 Å². The third-order valence-electron chi connectivity index (χ3n) is 9.24. The molecule has 0 saturated carbocycles. The number of nitrogens with zero attached hydrogens (tertiary/aromatic N) is 1. The Morgan fingerprint density at radius 2 is 1.13 bits per heavy atom. The quantitative estimate of drug-likeness (QED) is 0.0207. The number of halogens is 2. The number of carbonyl (C=O) groups is 2. The van der Waals surface area contributed by atoms with Crippen molar-refractivity contribution in [3.8, 4) is 0 Å². The molecule has 0 saturated heterocycles. The predicted octanol–water partition coefficient (Wildman–Crippen LogP) is 8.36. The molecule has 4 aromatic rings. The standard InChI is InChI=1S/C41H47Cl2N2O6P/c42-40(43)41(48)44-37(39(47)32-26-28-33(29-27-32)45(49)50)31-51-38(46)25-17-6-4-2-1-3-5-7-18-30-52(34-19-11-8-12-20-34,35-21-13-9-14-22-35)36-23-15-10-16-24-36/h8-16,19-24,26-29,37,39-40,47H,1-7,17-18,25,30-31H2/p+1/t37-,39+/m0/s1. The third kappa shape index (κ3) is 12.1. The summed E-state index contributed by atoms with van der Waals surface area (Å²) in [6, 6.07) is 37.3. The van der Waals surface area contributed by atoms with Crippen molar-refractivity contribution in [1.82, 2.24) is 5.32 Å². The maximum Gasteiger partial charge on any atom is 0.305 e. The van der Waals surface area contributed by atoms with Crippen LogP contribution in [0.4, 0.5) is 5.69 Å². The zero-order valence-electron chi connectivity index (χ0n) is 29.3. The van der Waals surface area contributed by atoms with Gasteiger partial charge in [0.05, 0.1) is 17.1 Å². The lowest BCUT2D eigenvalue weighted by Crippen LogP contribution is -2.45. The molecule has 0 fully saturated rings. The third-order valence-corrected chi connectivity index (χ3v) is 14.2. The van der Waals surface area contributed by atoms with Crippen molar-refractivity contribution in [2.45, 2.75) is 81.2 Å². The van der Waals surface area contributed by atoms with Gasteiger partial charge >= 0.3 is 5.97 Å². The molecule has 0 bridgehead atoms. The first kappa shape index (κ1) is 41.0. The number of non-ortho nitro benzene ring substituents is 1. The van der Waals surface area contributed by atoms with Crippen LogP contribution in [0.25, 0.3) is 0 Å². The molecule has 11 heteroatoms. The minimum Gasteiger partial charge on any atom is -0.463 e. The number of alkyl halides is 2. The monoisotopic (exact) mass is 765 g/mol. The Labute approximate surface area is 317 Å². The molecular formula is C41H48Cl2N2O6P+. The summed E-state index contributed by atoms with van der Waals surface area (Å²) in [4.78, 5) is 33.6. The normalized spacial score (nSPS) is 12.6. The van der Waals surface area contributed by atoms with E-state index in [1.807, 2.05) is 0 Å². The highest BCUT2D eigenvalue weighted by Gasteiger charge is 2.44. The molecule has 4 rings (SSSR count). The summed E-state index contributed by atoms with van der Waals surface area (Å²) in [6.45, 7) is -0.311. The second-order valence-electron chi connectivity index (χ2n) is 12.9. The summed E-state index contributed by atoms with van der Waals surface area (Å²) in [6.07, 6.45) is 9.67. The molecule has 8 nitrogen and oxygen atoms in total. The van der Waals surface area contributed by atoms with Crippen LogP contribution in [-0.2, 0) is 14.3 Å². The van der Waals surface area contributed by atoms with Gasteiger partial charge in [0.15, 0.2) is 4.84 Å². The topological polar surface area (TPSA) is 119 Å². The van der Waals surface area contributed by atoms with Crippen LogP contribution in [-0.4, -0.2) is 45.6 Å². The Bertz CT molecular complexity index is 1570. The Morgan fingerprint density at radius 1 is 0.692 bits per heavy atom. The van der Waals surface area contributed by atoms with Gasteiger partial charge in [-0.2, -0.15) is 0 Å². The number of aliphatic hydroxyl groups excluding tert-OH is 1. The number of carbonyl (C=O) groups excluding carboxylic acids is 2. The van der Waals surface area contributed by atoms with E-state index in [0.29, 0.717) is 12.0 Å². The van der Waals surface area contributed by atoms with Crippen molar-refractivity contribution in [2.75, 3.05) is 12.8 Å². The molecule has 276 valence electrons. The van der Waals surface area contributed by atoms with Crippen molar-refractivity contribution in [3.05, 3.63) is 131 Å². The Morgan fingerprint density at radius 3 is 1.58 bits per heavy atom. The number of rotatable bonds is 22. The second kappa shape index (κ2) is 21.7. The molecular weight excluding hydrogens is 718 g/mol.